The lowest BCUT2D eigenvalue weighted by Gasteiger charge is -2.34. The van der Waals surface area contributed by atoms with Crippen molar-refractivity contribution >= 4 is 21.6 Å². The Hall–Kier alpha value is -4.39. The molecule has 0 saturated heterocycles. The number of likely N-dealkylation sites (N-methyl/N-ethyl adjacent to an activating group) is 1. The average molecular weight is 648 g/mol. The molecule has 3 aromatic carbocycles. The molecule has 3 atom stereocenters. The molecule has 0 aliphatic carbocycles. The molecule has 1 aliphatic heterocycles. The second-order valence-electron chi connectivity index (χ2n) is 11.9. The predicted molar refractivity (Wildman–Crippen MR) is 175 cm³/mol. The molecule has 1 aliphatic rings. The molecule has 0 bridgehead atoms. The lowest BCUT2D eigenvalue weighted by atomic mass is 10.0. The van der Waals surface area contributed by atoms with Gasteiger partial charge in [-0.3, -0.25) is 14.4 Å². The van der Waals surface area contributed by atoms with Gasteiger partial charge < -0.3 is 24.0 Å². The van der Waals surface area contributed by atoms with Crippen LogP contribution in [0.3, 0.4) is 0 Å². The van der Waals surface area contributed by atoms with Crippen LogP contribution in [0.5, 0.6) is 17.2 Å². The Bertz CT molecular complexity index is 1730. The molecule has 244 valence electrons. The van der Waals surface area contributed by atoms with Crippen LogP contribution < -0.4 is 14.2 Å². The van der Waals surface area contributed by atoms with E-state index in [-0.39, 0.29) is 36.0 Å². The van der Waals surface area contributed by atoms with Gasteiger partial charge >= 0.3 is 0 Å². The maximum atomic E-state index is 13.5. The zero-order valence-corrected chi connectivity index (χ0v) is 27.4. The van der Waals surface area contributed by atoms with Crippen LogP contribution in [-0.2, 0) is 34.8 Å². The van der Waals surface area contributed by atoms with E-state index in [2.05, 4.69) is 14.6 Å². The molecule has 0 spiro atoms. The molecule has 4 aromatic rings. The quantitative estimate of drug-likeness (QED) is 0.247. The molecule has 0 radical (unpaired) electrons. The number of para-hydroxylation sites is 1. The van der Waals surface area contributed by atoms with E-state index < -0.39 is 16.1 Å². The summed E-state index contributed by atoms with van der Waals surface area (Å²) in [5.41, 5.74) is 1.95. The smallest absolute Gasteiger partial charge is 0.280 e. The van der Waals surface area contributed by atoms with E-state index in [1.807, 2.05) is 75.5 Å². The Morgan fingerprint density at radius 2 is 1.83 bits per heavy atom. The van der Waals surface area contributed by atoms with Crippen molar-refractivity contribution in [3.63, 3.8) is 0 Å². The first-order valence-corrected chi connectivity index (χ1v) is 16.7. The number of aryl methyl sites for hydroxylation is 1. The third-order valence-electron chi connectivity index (χ3n) is 7.97. The summed E-state index contributed by atoms with van der Waals surface area (Å²) in [5.74, 6) is 1.80. The van der Waals surface area contributed by atoms with Crippen LogP contribution in [0.2, 0.25) is 0 Å². The van der Waals surface area contributed by atoms with Crippen LogP contribution in [0.15, 0.2) is 90.3 Å². The van der Waals surface area contributed by atoms with Gasteiger partial charge in [0.25, 0.3) is 10.0 Å². The van der Waals surface area contributed by atoms with Gasteiger partial charge in [0, 0.05) is 50.0 Å². The maximum absolute atomic E-state index is 13.5. The molecule has 5 rings (SSSR count). The van der Waals surface area contributed by atoms with Crippen molar-refractivity contribution in [3.05, 3.63) is 96.4 Å². The number of nitrogens with one attached hydrogen (secondary N) is 1. The third-order valence-corrected chi connectivity index (χ3v) is 9.24. The van der Waals surface area contributed by atoms with Gasteiger partial charge in [-0.2, -0.15) is 8.42 Å². The molecule has 11 nitrogen and oxygen atoms in total. The molecule has 2 heterocycles. The average Bonchev–Trinajstić information content (AvgIpc) is 3.49. The van der Waals surface area contributed by atoms with Gasteiger partial charge in [0.15, 0.2) is 5.03 Å². The molecule has 0 saturated carbocycles. The Morgan fingerprint density at radius 3 is 2.50 bits per heavy atom. The van der Waals surface area contributed by atoms with Crippen LogP contribution >= 0.6 is 0 Å². The summed E-state index contributed by atoms with van der Waals surface area (Å²) in [5, 5.41) is 9.84. The van der Waals surface area contributed by atoms with Crippen LogP contribution in [0.4, 0.5) is 5.69 Å². The molecule has 1 aromatic heterocycles. The molecule has 0 fully saturated rings. The zero-order valence-electron chi connectivity index (χ0n) is 26.5. The SMILES string of the molecule is C[C@@H]1CN([C@H](C)CO)C(=O)Cc2cc(NS(=O)(=O)c3cn(C)cn3)ccc2O[C@H]1CN(C)Cc1ccc(Oc2ccccc2)cc1. The topological polar surface area (TPSA) is 126 Å². The molecule has 2 N–H and O–H groups in total. The van der Waals surface area contributed by atoms with E-state index in [1.54, 1.807) is 34.7 Å². The number of aliphatic hydroxyl groups excluding tert-OH is 1. The van der Waals surface area contributed by atoms with Crippen LogP contribution in [-0.4, -0.2) is 77.7 Å². The minimum atomic E-state index is -3.93. The minimum Gasteiger partial charge on any atom is -0.488 e. The third kappa shape index (κ3) is 8.25. The highest BCUT2D eigenvalue weighted by atomic mass is 32.2. The number of anilines is 1. The van der Waals surface area contributed by atoms with Crippen LogP contribution in [0.1, 0.15) is 25.0 Å². The van der Waals surface area contributed by atoms with Crippen molar-refractivity contribution in [1.29, 1.82) is 0 Å². The fourth-order valence-electron chi connectivity index (χ4n) is 5.42. The summed E-state index contributed by atoms with van der Waals surface area (Å²) in [6, 6.07) is 22.2. The Morgan fingerprint density at radius 1 is 1.11 bits per heavy atom. The molecular formula is C34H41N5O6S. The van der Waals surface area contributed by atoms with E-state index in [0.29, 0.717) is 36.6 Å². The number of amides is 1. The standard InChI is InChI=1S/C34H41N5O6S/c1-24-18-39(25(2)22-40)34(41)17-27-16-28(36-46(42,43)33-21-38(4)23-35-33)12-15-31(27)45-32(24)20-37(3)19-26-10-13-30(14-11-26)44-29-8-6-5-7-9-29/h5-16,21,23-25,32,36,40H,17-20,22H2,1-4H3/t24-,25-,32+/m1/s1. The summed E-state index contributed by atoms with van der Waals surface area (Å²) < 4.78 is 42.5. The summed E-state index contributed by atoms with van der Waals surface area (Å²) in [7, 11) is -0.224. The van der Waals surface area contributed by atoms with Crippen molar-refractivity contribution in [2.24, 2.45) is 13.0 Å². The summed E-state index contributed by atoms with van der Waals surface area (Å²) in [6.45, 7) is 5.30. The number of rotatable bonds is 11. The van der Waals surface area contributed by atoms with Crippen molar-refractivity contribution in [2.45, 2.75) is 44.0 Å². The number of hydrogen-bond donors (Lipinski definition) is 2. The normalized spacial score (nSPS) is 17.8. The van der Waals surface area contributed by atoms with Crippen molar-refractivity contribution < 1.29 is 27.8 Å². The first kappa shape index (κ1) is 33.0. The molecule has 12 heteroatoms. The van der Waals surface area contributed by atoms with E-state index >= 15 is 0 Å². The fourth-order valence-corrected chi connectivity index (χ4v) is 6.45. The van der Waals surface area contributed by atoms with Gasteiger partial charge in [-0.25, -0.2) is 4.98 Å². The molecular weight excluding hydrogens is 606 g/mol. The number of hydrogen-bond acceptors (Lipinski definition) is 8. The number of aliphatic hydroxyl groups is 1. The Kier molecular flexibility index (Phi) is 10.3. The monoisotopic (exact) mass is 647 g/mol. The van der Waals surface area contributed by atoms with Gasteiger partial charge in [0.2, 0.25) is 5.91 Å². The number of imidazole rings is 1. The molecule has 46 heavy (non-hydrogen) atoms. The predicted octanol–water partition coefficient (Wildman–Crippen LogP) is 4.29. The van der Waals surface area contributed by atoms with E-state index in [9.17, 15) is 18.3 Å². The number of ether oxygens (including phenoxy) is 2. The largest absolute Gasteiger partial charge is 0.488 e. The van der Waals surface area contributed by atoms with E-state index in [4.69, 9.17) is 9.47 Å². The Balaban J connectivity index is 1.34. The van der Waals surface area contributed by atoms with Crippen molar-refractivity contribution in [1.82, 2.24) is 19.4 Å². The minimum absolute atomic E-state index is 0.00842. The molecule has 1 amide bonds. The van der Waals surface area contributed by atoms with E-state index in [1.165, 1.54) is 12.5 Å². The number of carbonyl (C=O) groups is 1. The first-order valence-electron chi connectivity index (χ1n) is 15.2. The molecule has 0 unspecified atom stereocenters. The number of sulfonamides is 1. The van der Waals surface area contributed by atoms with Crippen LogP contribution in [0.25, 0.3) is 0 Å². The lowest BCUT2D eigenvalue weighted by molar-refractivity contribution is -0.134. The number of nitrogens with zero attached hydrogens (tertiary/aromatic N) is 4. The highest BCUT2D eigenvalue weighted by molar-refractivity contribution is 7.92. The lowest BCUT2D eigenvalue weighted by Crippen LogP contribution is -2.47. The number of benzene rings is 3. The highest BCUT2D eigenvalue weighted by Gasteiger charge is 2.31. The number of carbonyl (C=O) groups excluding carboxylic acids is 1. The summed E-state index contributed by atoms with van der Waals surface area (Å²) >= 11 is 0. The van der Waals surface area contributed by atoms with E-state index in [0.717, 1.165) is 17.1 Å². The maximum Gasteiger partial charge on any atom is 0.280 e. The zero-order chi connectivity index (χ0) is 32.8. The van der Waals surface area contributed by atoms with Crippen molar-refractivity contribution in [3.8, 4) is 17.2 Å². The Labute approximate surface area is 270 Å². The van der Waals surface area contributed by atoms with Crippen LogP contribution in [0, 0.1) is 5.92 Å². The highest BCUT2D eigenvalue weighted by Crippen LogP contribution is 2.30. The number of fused-ring (bicyclic) bond motifs is 1. The number of aromatic nitrogens is 2. The second kappa shape index (κ2) is 14.4. The van der Waals surface area contributed by atoms with Gasteiger partial charge in [-0.05, 0) is 62.0 Å². The second-order valence-corrected chi connectivity index (χ2v) is 13.6. The van der Waals surface area contributed by atoms with Crippen molar-refractivity contribution in [2.75, 3.05) is 31.5 Å². The first-order chi connectivity index (χ1) is 22.0. The summed E-state index contributed by atoms with van der Waals surface area (Å²) in [4.78, 5) is 21.4. The summed E-state index contributed by atoms with van der Waals surface area (Å²) in [6.07, 6.45) is 2.51. The van der Waals surface area contributed by atoms with Gasteiger partial charge in [0.1, 0.15) is 23.4 Å². The fraction of sp³-hybridized carbons (Fsp3) is 0.353. The van der Waals surface area contributed by atoms with Gasteiger partial charge in [-0.1, -0.05) is 37.3 Å². The van der Waals surface area contributed by atoms with Gasteiger partial charge in [-0.15, -0.1) is 0 Å². The van der Waals surface area contributed by atoms with Gasteiger partial charge in [0.05, 0.1) is 25.4 Å².